The fourth-order valence-electron chi connectivity index (χ4n) is 1.19. The molecule has 2 atom stereocenters. The van der Waals surface area contributed by atoms with Crippen molar-refractivity contribution in [2.45, 2.75) is 23.3 Å². The summed E-state index contributed by atoms with van der Waals surface area (Å²) in [5, 5.41) is 63.3. The number of aliphatic carboxylic acids is 1. The molecule has 1 aliphatic rings. The molecule has 0 aliphatic heterocycles. The molecular weight excluding hydrogens is 212 g/mol. The fraction of sp³-hybridized carbons (Fsp3) is 0.571. The Labute approximate surface area is 83.0 Å². The minimum Gasteiger partial charge on any atom is -0.479 e. The molecule has 0 heterocycles. The third kappa shape index (κ3) is 1.28. The first-order valence-electron chi connectivity index (χ1n) is 3.80. The van der Waals surface area contributed by atoms with Crippen LogP contribution in [0.25, 0.3) is 0 Å². The number of carbonyl (C=O) groups is 1. The van der Waals surface area contributed by atoms with E-state index >= 15 is 0 Å². The first-order valence-corrected chi connectivity index (χ1v) is 3.80. The lowest BCUT2D eigenvalue weighted by Gasteiger charge is -2.46. The van der Waals surface area contributed by atoms with E-state index in [1.807, 2.05) is 0 Å². The lowest BCUT2D eigenvalue weighted by Crippen LogP contribution is -2.75. The van der Waals surface area contributed by atoms with Crippen LogP contribution >= 0.6 is 0 Å². The van der Waals surface area contributed by atoms with Gasteiger partial charge in [-0.05, 0) is 6.08 Å². The summed E-state index contributed by atoms with van der Waals surface area (Å²) in [6, 6.07) is 0. The maximum Gasteiger partial charge on any atom is 0.345 e. The fourth-order valence-corrected chi connectivity index (χ4v) is 1.19. The molecular formula is C7H10O8. The van der Waals surface area contributed by atoms with Crippen molar-refractivity contribution in [3.8, 4) is 0 Å². The zero-order valence-electron chi connectivity index (χ0n) is 7.27. The summed E-state index contributed by atoms with van der Waals surface area (Å²) in [6.45, 7) is 0. The number of rotatable bonds is 1. The predicted molar refractivity (Wildman–Crippen MR) is 42.1 cm³/mol. The first-order chi connectivity index (χ1) is 6.57. The molecule has 8 nitrogen and oxygen atoms in total. The standard InChI is InChI=1S/C7H10O8/c8-3-1-2-5(11,4(9)10)7(14,15)6(3,12)13/h1-3,8,11-15H,(H,9,10). The van der Waals surface area contributed by atoms with Gasteiger partial charge in [0.1, 0.15) is 6.10 Å². The van der Waals surface area contributed by atoms with E-state index in [-0.39, 0.29) is 0 Å². The van der Waals surface area contributed by atoms with Gasteiger partial charge in [-0.15, -0.1) is 0 Å². The highest BCUT2D eigenvalue weighted by Crippen LogP contribution is 2.37. The summed E-state index contributed by atoms with van der Waals surface area (Å²) in [4.78, 5) is 10.6. The Morgan fingerprint density at radius 3 is 2.00 bits per heavy atom. The molecule has 0 fully saturated rings. The van der Waals surface area contributed by atoms with Gasteiger partial charge in [0.25, 0.3) is 11.6 Å². The van der Waals surface area contributed by atoms with Crippen LogP contribution in [0.2, 0.25) is 0 Å². The Kier molecular flexibility index (Phi) is 2.39. The Hall–Kier alpha value is -1.03. The molecule has 1 rings (SSSR count). The Morgan fingerprint density at radius 1 is 1.13 bits per heavy atom. The molecule has 0 aromatic rings. The van der Waals surface area contributed by atoms with Crippen LogP contribution in [0.15, 0.2) is 12.2 Å². The largest absolute Gasteiger partial charge is 0.479 e. The van der Waals surface area contributed by atoms with E-state index in [1.165, 1.54) is 0 Å². The van der Waals surface area contributed by atoms with Crippen molar-refractivity contribution in [1.29, 1.82) is 0 Å². The molecule has 7 N–H and O–H groups in total. The van der Waals surface area contributed by atoms with Crippen LogP contribution in [0.3, 0.4) is 0 Å². The van der Waals surface area contributed by atoms with E-state index in [2.05, 4.69) is 0 Å². The average Bonchev–Trinajstić information content (AvgIpc) is 2.10. The minimum atomic E-state index is -3.85. The van der Waals surface area contributed by atoms with E-state index in [1.54, 1.807) is 0 Å². The van der Waals surface area contributed by atoms with Crippen molar-refractivity contribution >= 4 is 5.97 Å². The van der Waals surface area contributed by atoms with Crippen molar-refractivity contribution in [2.24, 2.45) is 0 Å². The second-order valence-corrected chi connectivity index (χ2v) is 3.27. The van der Waals surface area contributed by atoms with Gasteiger partial charge in [-0.3, -0.25) is 0 Å². The van der Waals surface area contributed by atoms with E-state index < -0.39 is 29.2 Å². The van der Waals surface area contributed by atoms with Crippen molar-refractivity contribution in [3.63, 3.8) is 0 Å². The SMILES string of the molecule is O=C(O)C1(O)C=CC(O)C(O)(O)C1(O)O. The van der Waals surface area contributed by atoms with Gasteiger partial charge in [0.2, 0.25) is 5.60 Å². The summed E-state index contributed by atoms with van der Waals surface area (Å²) in [5.41, 5.74) is -3.32. The maximum atomic E-state index is 10.6. The lowest BCUT2D eigenvalue weighted by molar-refractivity contribution is -0.415. The third-order valence-electron chi connectivity index (χ3n) is 2.30. The van der Waals surface area contributed by atoms with Crippen LogP contribution in [0.1, 0.15) is 0 Å². The van der Waals surface area contributed by atoms with Crippen LogP contribution in [-0.2, 0) is 4.79 Å². The summed E-state index contributed by atoms with van der Waals surface area (Å²) < 4.78 is 0. The zero-order valence-corrected chi connectivity index (χ0v) is 7.27. The average molecular weight is 222 g/mol. The van der Waals surface area contributed by atoms with Gasteiger partial charge in [0.15, 0.2) is 0 Å². The Morgan fingerprint density at radius 2 is 1.60 bits per heavy atom. The molecule has 15 heavy (non-hydrogen) atoms. The van der Waals surface area contributed by atoms with Gasteiger partial charge in [0.05, 0.1) is 0 Å². The molecule has 0 aromatic heterocycles. The predicted octanol–water partition coefficient (Wildman–Crippen LogP) is -3.91. The smallest absolute Gasteiger partial charge is 0.345 e. The number of carboxylic acid groups (broad SMARTS) is 1. The molecule has 0 radical (unpaired) electrons. The third-order valence-corrected chi connectivity index (χ3v) is 2.30. The molecule has 0 bridgehead atoms. The summed E-state index contributed by atoms with van der Waals surface area (Å²) in [7, 11) is 0. The van der Waals surface area contributed by atoms with Crippen LogP contribution < -0.4 is 0 Å². The number of aliphatic hydroxyl groups is 6. The quantitative estimate of drug-likeness (QED) is 0.175. The van der Waals surface area contributed by atoms with Crippen LogP contribution in [0, 0.1) is 0 Å². The van der Waals surface area contributed by atoms with E-state index in [9.17, 15) is 20.1 Å². The minimum absolute atomic E-state index is 0.352. The van der Waals surface area contributed by atoms with E-state index in [0.29, 0.717) is 12.2 Å². The van der Waals surface area contributed by atoms with Crippen LogP contribution in [0.5, 0.6) is 0 Å². The summed E-state index contributed by atoms with van der Waals surface area (Å²) in [6.07, 6.45) is -1.27. The molecule has 0 saturated heterocycles. The highest BCUT2D eigenvalue weighted by atomic mass is 16.6. The first kappa shape index (κ1) is 12.0. The van der Waals surface area contributed by atoms with Crippen LogP contribution in [-0.4, -0.2) is 65.0 Å². The molecule has 1 aliphatic carbocycles. The molecule has 8 heteroatoms. The molecule has 86 valence electrons. The van der Waals surface area contributed by atoms with Gasteiger partial charge >= 0.3 is 5.97 Å². The molecule has 0 spiro atoms. The van der Waals surface area contributed by atoms with Crippen LogP contribution in [0.4, 0.5) is 0 Å². The number of hydrogen-bond acceptors (Lipinski definition) is 7. The van der Waals surface area contributed by atoms with Gasteiger partial charge < -0.3 is 35.7 Å². The number of hydrogen-bond donors (Lipinski definition) is 7. The van der Waals surface area contributed by atoms with Crippen molar-refractivity contribution < 1.29 is 40.5 Å². The van der Waals surface area contributed by atoms with Crippen molar-refractivity contribution in [3.05, 3.63) is 12.2 Å². The zero-order chi connectivity index (χ0) is 12.1. The van der Waals surface area contributed by atoms with Gasteiger partial charge in [-0.1, -0.05) is 6.08 Å². The highest BCUT2D eigenvalue weighted by Gasteiger charge is 2.69. The normalized spacial score (nSPS) is 37.6. The van der Waals surface area contributed by atoms with E-state index in [4.69, 9.17) is 20.4 Å². The second kappa shape index (κ2) is 2.98. The molecule has 0 amide bonds. The topological polar surface area (TPSA) is 159 Å². The van der Waals surface area contributed by atoms with Crippen molar-refractivity contribution in [2.75, 3.05) is 0 Å². The maximum absolute atomic E-state index is 10.6. The number of aliphatic hydroxyl groups excluding tert-OH is 1. The van der Waals surface area contributed by atoms with Crippen molar-refractivity contribution in [1.82, 2.24) is 0 Å². The van der Waals surface area contributed by atoms with Gasteiger partial charge in [-0.2, -0.15) is 0 Å². The summed E-state index contributed by atoms with van der Waals surface area (Å²) >= 11 is 0. The molecule has 0 aromatic carbocycles. The number of carboxylic acids is 1. The Bertz CT molecular complexity index is 319. The monoisotopic (exact) mass is 222 g/mol. The Balaban J connectivity index is 3.37. The molecule has 0 saturated carbocycles. The van der Waals surface area contributed by atoms with E-state index in [0.717, 1.165) is 0 Å². The molecule has 2 unspecified atom stereocenters. The van der Waals surface area contributed by atoms with Gasteiger partial charge in [0, 0.05) is 0 Å². The second-order valence-electron chi connectivity index (χ2n) is 3.27. The highest BCUT2D eigenvalue weighted by molar-refractivity contribution is 5.82. The summed E-state index contributed by atoms with van der Waals surface area (Å²) in [5.74, 6) is -9.56. The lowest BCUT2D eigenvalue weighted by atomic mass is 9.78. The van der Waals surface area contributed by atoms with Gasteiger partial charge in [-0.25, -0.2) is 4.79 Å².